The Kier molecular flexibility index (Phi) is 4.90. The van der Waals surface area contributed by atoms with Gasteiger partial charge in [-0.3, -0.25) is 4.90 Å². The van der Waals surface area contributed by atoms with Crippen molar-refractivity contribution in [2.45, 2.75) is 63.8 Å². The molecule has 0 saturated carbocycles. The SMILES string of the molecule is CC(C)(C)C12CC[C@H](C[C@H]1N(c1ccccc1)c1cnc(C(F)(F)F)cn1)N2C(=O)O. The van der Waals surface area contributed by atoms with E-state index in [0.29, 0.717) is 12.8 Å². The molecule has 2 fully saturated rings. The van der Waals surface area contributed by atoms with E-state index in [4.69, 9.17) is 0 Å². The number of hydrogen-bond donors (Lipinski definition) is 1. The predicted molar refractivity (Wildman–Crippen MR) is 109 cm³/mol. The zero-order chi connectivity index (χ0) is 22.6. The largest absolute Gasteiger partial charge is 0.465 e. The number of fused-ring (bicyclic) bond motifs is 2. The number of para-hydroxylation sites is 1. The minimum atomic E-state index is -4.58. The summed E-state index contributed by atoms with van der Waals surface area (Å²) in [6.07, 6.45) is -1.67. The van der Waals surface area contributed by atoms with E-state index in [1.54, 1.807) is 4.90 Å². The molecular weight excluding hydrogens is 409 g/mol. The van der Waals surface area contributed by atoms with Gasteiger partial charge in [0.25, 0.3) is 0 Å². The zero-order valence-corrected chi connectivity index (χ0v) is 17.6. The summed E-state index contributed by atoms with van der Waals surface area (Å²) in [5, 5.41) is 10.0. The van der Waals surface area contributed by atoms with Crippen LogP contribution in [0.25, 0.3) is 0 Å². The Morgan fingerprint density at radius 2 is 1.84 bits per heavy atom. The Balaban J connectivity index is 1.86. The van der Waals surface area contributed by atoms with E-state index in [-0.39, 0.29) is 17.9 Å². The number of benzene rings is 1. The Hall–Kier alpha value is -2.84. The van der Waals surface area contributed by atoms with Gasteiger partial charge in [0.2, 0.25) is 0 Å². The Bertz CT molecular complexity index is 959. The average molecular weight is 434 g/mol. The molecule has 2 aromatic rings. The van der Waals surface area contributed by atoms with Gasteiger partial charge in [0.15, 0.2) is 11.5 Å². The minimum Gasteiger partial charge on any atom is -0.465 e. The molecule has 3 heterocycles. The third-order valence-electron chi connectivity index (χ3n) is 6.73. The number of aromatic nitrogens is 2. The van der Waals surface area contributed by atoms with Crippen LogP contribution in [-0.4, -0.2) is 43.7 Å². The summed E-state index contributed by atoms with van der Waals surface area (Å²) in [6.45, 7) is 6.06. The molecule has 2 aliphatic rings. The van der Waals surface area contributed by atoms with Gasteiger partial charge in [0.05, 0.1) is 24.0 Å². The van der Waals surface area contributed by atoms with Crippen molar-refractivity contribution < 1.29 is 23.1 Å². The van der Waals surface area contributed by atoms with Crippen LogP contribution >= 0.6 is 0 Å². The standard InChI is InChI=1S/C22H25F3N4O2/c1-20(2,3)21-10-9-15(29(21)19(30)31)11-17(21)28(14-7-5-4-6-8-14)18-13-26-16(12-27-18)22(23,24)25/h4-8,12-13,15,17H,9-11H2,1-3H3,(H,30,31)/t15-,17-,21?/m1/s1. The first-order valence-corrected chi connectivity index (χ1v) is 10.2. The number of halogens is 3. The zero-order valence-electron chi connectivity index (χ0n) is 17.6. The summed E-state index contributed by atoms with van der Waals surface area (Å²) in [6, 6.07) is 8.80. The molecular formula is C22H25F3N4O2. The third-order valence-corrected chi connectivity index (χ3v) is 6.73. The maximum absolute atomic E-state index is 13.0. The fourth-order valence-electron chi connectivity index (χ4n) is 5.50. The number of amides is 1. The van der Waals surface area contributed by atoms with Crippen molar-refractivity contribution in [1.29, 1.82) is 0 Å². The van der Waals surface area contributed by atoms with Gasteiger partial charge < -0.3 is 10.0 Å². The number of rotatable bonds is 3. The van der Waals surface area contributed by atoms with Crippen molar-refractivity contribution in [2.75, 3.05) is 4.90 Å². The molecule has 2 saturated heterocycles. The average Bonchev–Trinajstić information content (AvgIpc) is 3.24. The molecule has 6 nitrogen and oxygen atoms in total. The molecule has 0 radical (unpaired) electrons. The number of hydrogen-bond acceptors (Lipinski definition) is 4. The van der Waals surface area contributed by atoms with Crippen LogP contribution in [-0.2, 0) is 6.18 Å². The lowest BCUT2D eigenvalue weighted by atomic mass is 9.65. The van der Waals surface area contributed by atoms with Crippen LogP contribution in [0, 0.1) is 5.41 Å². The van der Waals surface area contributed by atoms with E-state index in [2.05, 4.69) is 9.97 Å². The van der Waals surface area contributed by atoms with E-state index in [0.717, 1.165) is 24.5 Å². The number of nitrogens with zero attached hydrogens (tertiary/aromatic N) is 4. The lowest BCUT2D eigenvalue weighted by Crippen LogP contribution is -2.62. The summed E-state index contributed by atoms with van der Waals surface area (Å²) in [5.74, 6) is 0.269. The highest BCUT2D eigenvalue weighted by molar-refractivity contribution is 5.71. The van der Waals surface area contributed by atoms with Gasteiger partial charge >= 0.3 is 12.3 Å². The maximum Gasteiger partial charge on any atom is 0.434 e. The summed E-state index contributed by atoms with van der Waals surface area (Å²) >= 11 is 0. The molecule has 1 N–H and O–H groups in total. The number of carbonyl (C=O) groups is 1. The number of carboxylic acid groups (broad SMARTS) is 1. The Morgan fingerprint density at radius 1 is 1.16 bits per heavy atom. The molecule has 0 aliphatic carbocycles. The van der Waals surface area contributed by atoms with Gasteiger partial charge in [-0.1, -0.05) is 39.0 Å². The summed E-state index contributed by atoms with van der Waals surface area (Å²) in [7, 11) is 0. The molecule has 0 spiro atoms. The van der Waals surface area contributed by atoms with Crippen LogP contribution in [0.2, 0.25) is 0 Å². The van der Waals surface area contributed by atoms with Crippen molar-refractivity contribution in [3.63, 3.8) is 0 Å². The van der Waals surface area contributed by atoms with Crippen LogP contribution < -0.4 is 4.90 Å². The fraction of sp³-hybridized carbons (Fsp3) is 0.500. The second kappa shape index (κ2) is 7.10. The molecule has 4 rings (SSSR count). The van der Waals surface area contributed by atoms with Gasteiger partial charge in [0.1, 0.15) is 0 Å². The van der Waals surface area contributed by atoms with Gasteiger partial charge in [0, 0.05) is 11.7 Å². The predicted octanol–water partition coefficient (Wildman–Crippen LogP) is 5.33. The highest BCUT2D eigenvalue weighted by Gasteiger charge is 2.66. The van der Waals surface area contributed by atoms with Crippen molar-refractivity contribution in [3.8, 4) is 0 Å². The second-order valence-corrected chi connectivity index (χ2v) is 9.23. The molecule has 3 atom stereocenters. The smallest absolute Gasteiger partial charge is 0.434 e. The number of anilines is 2. The first-order valence-electron chi connectivity index (χ1n) is 10.2. The summed E-state index contributed by atoms with van der Waals surface area (Å²) in [5.41, 5.74) is -1.45. The summed E-state index contributed by atoms with van der Waals surface area (Å²) in [4.78, 5) is 23.4. The Labute approximate surface area is 178 Å². The van der Waals surface area contributed by atoms with Gasteiger partial charge in [-0.05, 0) is 36.8 Å². The van der Waals surface area contributed by atoms with E-state index in [1.807, 2.05) is 56.0 Å². The quantitative estimate of drug-likeness (QED) is 0.707. The van der Waals surface area contributed by atoms with Gasteiger partial charge in [-0.2, -0.15) is 13.2 Å². The molecule has 1 aromatic heterocycles. The molecule has 31 heavy (non-hydrogen) atoms. The van der Waals surface area contributed by atoms with Crippen LogP contribution in [0.15, 0.2) is 42.7 Å². The molecule has 2 bridgehead atoms. The van der Waals surface area contributed by atoms with Crippen LogP contribution in [0.4, 0.5) is 29.5 Å². The highest BCUT2D eigenvalue weighted by atomic mass is 19.4. The van der Waals surface area contributed by atoms with E-state index in [9.17, 15) is 23.1 Å². The topological polar surface area (TPSA) is 69.6 Å². The van der Waals surface area contributed by atoms with Crippen molar-refractivity contribution in [1.82, 2.24) is 14.9 Å². The monoisotopic (exact) mass is 434 g/mol. The van der Waals surface area contributed by atoms with Gasteiger partial charge in [-0.15, -0.1) is 0 Å². The van der Waals surface area contributed by atoms with Crippen LogP contribution in [0.5, 0.6) is 0 Å². The molecule has 2 aliphatic heterocycles. The molecule has 1 unspecified atom stereocenters. The van der Waals surface area contributed by atoms with Crippen molar-refractivity contribution in [2.24, 2.45) is 5.41 Å². The minimum absolute atomic E-state index is 0.143. The fourth-order valence-corrected chi connectivity index (χ4v) is 5.50. The lowest BCUT2D eigenvalue weighted by Gasteiger charge is -2.51. The van der Waals surface area contributed by atoms with Crippen LogP contribution in [0.1, 0.15) is 45.7 Å². The molecule has 1 aromatic carbocycles. The van der Waals surface area contributed by atoms with E-state index >= 15 is 0 Å². The van der Waals surface area contributed by atoms with E-state index < -0.39 is 28.9 Å². The van der Waals surface area contributed by atoms with Crippen molar-refractivity contribution in [3.05, 3.63) is 48.4 Å². The van der Waals surface area contributed by atoms with Crippen molar-refractivity contribution >= 4 is 17.6 Å². The first kappa shape index (κ1) is 21.4. The molecule has 1 amide bonds. The maximum atomic E-state index is 13.0. The molecule has 9 heteroatoms. The van der Waals surface area contributed by atoms with Crippen LogP contribution in [0.3, 0.4) is 0 Å². The second-order valence-electron chi connectivity index (χ2n) is 9.23. The third kappa shape index (κ3) is 3.30. The Morgan fingerprint density at radius 3 is 2.35 bits per heavy atom. The summed E-state index contributed by atoms with van der Waals surface area (Å²) < 4.78 is 39.1. The lowest BCUT2D eigenvalue weighted by molar-refractivity contribution is -0.141. The molecule has 166 valence electrons. The number of alkyl halides is 3. The van der Waals surface area contributed by atoms with Gasteiger partial charge in [-0.25, -0.2) is 14.8 Å². The highest BCUT2D eigenvalue weighted by Crippen LogP contribution is 2.58. The van der Waals surface area contributed by atoms with E-state index in [1.165, 1.54) is 0 Å². The first-order chi connectivity index (χ1) is 14.5. The normalized spacial score (nSPS) is 25.7.